The fourth-order valence-electron chi connectivity index (χ4n) is 3.19. The van der Waals surface area contributed by atoms with E-state index in [1.165, 1.54) is 4.31 Å². The van der Waals surface area contributed by atoms with Crippen molar-refractivity contribution in [2.45, 2.75) is 56.9 Å². The molecular weight excluding hydrogens is 368 g/mol. The average Bonchev–Trinajstić information content (AvgIpc) is 3.15. The first-order valence-corrected chi connectivity index (χ1v) is 10.8. The zero-order valence-corrected chi connectivity index (χ0v) is 16.7. The van der Waals surface area contributed by atoms with Crippen LogP contribution < -0.4 is 0 Å². The molecule has 1 heterocycles. The minimum Gasteiger partial charge on any atom is -0.481 e. The molecule has 1 aliphatic heterocycles. The molecule has 0 atom stereocenters. The van der Waals surface area contributed by atoms with E-state index in [9.17, 15) is 18.0 Å². The predicted molar refractivity (Wildman–Crippen MR) is 102 cm³/mol. The van der Waals surface area contributed by atoms with Gasteiger partial charge in [0, 0.05) is 32.1 Å². The average molecular weight is 397 g/mol. The number of carboxylic acid groups (broad SMARTS) is 1. The number of hydrogen-bond donors (Lipinski definition) is 1. The Kier molecular flexibility index (Phi) is 7.38. The number of aryl methyl sites for hydroxylation is 1. The number of carbonyl (C=O) groups is 2. The summed E-state index contributed by atoms with van der Waals surface area (Å²) in [5.41, 5.74) is 0.880. The first-order valence-electron chi connectivity index (χ1n) is 9.32. The third-order valence-corrected chi connectivity index (χ3v) is 6.68. The topological polar surface area (TPSA) is 95.0 Å². The third-order valence-electron chi connectivity index (χ3n) is 4.76. The van der Waals surface area contributed by atoms with Gasteiger partial charge in [-0.25, -0.2) is 8.42 Å². The van der Waals surface area contributed by atoms with Crippen LogP contribution >= 0.6 is 0 Å². The molecule has 1 N–H and O–H groups in total. The van der Waals surface area contributed by atoms with E-state index in [-0.39, 0.29) is 36.2 Å². The van der Waals surface area contributed by atoms with Crippen molar-refractivity contribution >= 4 is 21.9 Å². The smallest absolute Gasteiger partial charge is 0.305 e. The summed E-state index contributed by atoms with van der Waals surface area (Å²) in [6, 6.07) is 6.61. The van der Waals surface area contributed by atoms with Crippen molar-refractivity contribution in [1.29, 1.82) is 0 Å². The molecule has 0 radical (unpaired) electrons. The number of carboxylic acids is 1. The first kappa shape index (κ1) is 21.4. The minimum absolute atomic E-state index is 0.0650. The van der Waals surface area contributed by atoms with Crippen LogP contribution in [-0.2, 0) is 26.0 Å². The molecule has 1 aliphatic rings. The zero-order chi connectivity index (χ0) is 20.0. The van der Waals surface area contributed by atoms with Gasteiger partial charge in [-0.2, -0.15) is 4.31 Å². The van der Waals surface area contributed by atoms with Crippen molar-refractivity contribution in [3.05, 3.63) is 29.8 Å². The summed E-state index contributed by atoms with van der Waals surface area (Å²) in [4.78, 5) is 25.0. The van der Waals surface area contributed by atoms with Crippen molar-refractivity contribution < 1.29 is 23.1 Å². The van der Waals surface area contributed by atoms with Gasteiger partial charge in [-0.1, -0.05) is 12.1 Å². The SMILES string of the molecule is CC(C)N(CCC(=O)O)C(=O)CCc1ccc(S(=O)(=O)N2CCCC2)cc1. The number of carbonyl (C=O) groups excluding carboxylic acids is 1. The maximum absolute atomic E-state index is 12.5. The normalized spacial score (nSPS) is 15.2. The second-order valence-electron chi connectivity index (χ2n) is 7.08. The van der Waals surface area contributed by atoms with Crippen LogP contribution in [0.2, 0.25) is 0 Å². The number of amides is 1. The van der Waals surface area contributed by atoms with E-state index in [0.29, 0.717) is 19.5 Å². The van der Waals surface area contributed by atoms with Crippen LogP contribution in [0.5, 0.6) is 0 Å². The van der Waals surface area contributed by atoms with Gasteiger partial charge in [-0.3, -0.25) is 9.59 Å². The molecular formula is C19H28N2O5S. The van der Waals surface area contributed by atoms with E-state index in [0.717, 1.165) is 18.4 Å². The molecule has 0 unspecified atom stereocenters. The van der Waals surface area contributed by atoms with Crippen molar-refractivity contribution in [3.63, 3.8) is 0 Å². The van der Waals surface area contributed by atoms with E-state index < -0.39 is 16.0 Å². The van der Waals surface area contributed by atoms with Crippen molar-refractivity contribution in [2.75, 3.05) is 19.6 Å². The fraction of sp³-hybridized carbons (Fsp3) is 0.579. The Morgan fingerprint density at radius 1 is 1.11 bits per heavy atom. The number of rotatable bonds is 9. The van der Waals surface area contributed by atoms with E-state index >= 15 is 0 Å². The fourth-order valence-corrected chi connectivity index (χ4v) is 4.70. The maximum atomic E-state index is 12.5. The van der Waals surface area contributed by atoms with Gasteiger partial charge in [0.25, 0.3) is 0 Å². The van der Waals surface area contributed by atoms with Gasteiger partial charge >= 0.3 is 5.97 Å². The van der Waals surface area contributed by atoms with Gasteiger partial charge in [0.05, 0.1) is 11.3 Å². The molecule has 1 amide bonds. The Balaban J connectivity index is 1.95. The van der Waals surface area contributed by atoms with E-state index in [1.54, 1.807) is 29.2 Å². The Morgan fingerprint density at radius 3 is 2.22 bits per heavy atom. The molecule has 0 aromatic heterocycles. The lowest BCUT2D eigenvalue weighted by Crippen LogP contribution is -2.38. The Labute approximate surface area is 161 Å². The summed E-state index contributed by atoms with van der Waals surface area (Å²) in [6.07, 6.45) is 2.46. The standard InChI is InChI=1S/C19H28N2O5S/c1-15(2)21(14-11-19(23)24)18(22)10-7-16-5-8-17(9-6-16)27(25,26)20-12-3-4-13-20/h5-6,8-9,15H,3-4,7,10-14H2,1-2H3,(H,23,24). The van der Waals surface area contributed by atoms with Gasteiger partial charge in [-0.05, 0) is 50.8 Å². The van der Waals surface area contributed by atoms with Gasteiger partial charge in [-0.15, -0.1) is 0 Å². The number of benzene rings is 1. The quantitative estimate of drug-likeness (QED) is 0.690. The molecule has 0 saturated carbocycles. The minimum atomic E-state index is -3.42. The van der Waals surface area contributed by atoms with Crippen LogP contribution in [0, 0.1) is 0 Å². The zero-order valence-electron chi connectivity index (χ0n) is 15.9. The lowest BCUT2D eigenvalue weighted by atomic mass is 10.1. The lowest BCUT2D eigenvalue weighted by Gasteiger charge is -2.26. The highest BCUT2D eigenvalue weighted by Crippen LogP contribution is 2.21. The van der Waals surface area contributed by atoms with Gasteiger partial charge in [0.2, 0.25) is 15.9 Å². The highest BCUT2D eigenvalue weighted by atomic mass is 32.2. The summed E-state index contributed by atoms with van der Waals surface area (Å²) in [7, 11) is -3.42. The molecule has 27 heavy (non-hydrogen) atoms. The van der Waals surface area contributed by atoms with Crippen molar-refractivity contribution in [2.24, 2.45) is 0 Å². The monoisotopic (exact) mass is 396 g/mol. The maximum Gasteiger partial charge on any atom is 0.305 e. The molecule has 0 bridgehead atoms. The Bertz CT molecular complexity index is 753. The molecule has 1 aromatic carbocycles. The van der Waals surface area contributed by atoms with Crippen LogP contribution in [0.3, 0.4) is 0 Å². The highest BCUT2D eigenvalue weighted by molar-refractivity contribution is 7.89. The largest absolute Gasteiger partial charge is 0.481 e. The summed E-state index contributed by atoms with van der Waals surface area (Å²) in [5, 5.41) is 8.81. The second-order valence-corrected chi connectivity index (χ2v) is 9.02. The van der Waals surface area contributed by atoms with Crippen LogP contribution in [-0.4, -0.2) is 60.3 Å². The van der Waals surface area contributed by atoms with Crippen LogP contribution in [0.15, 0.2) is 29.2 Å². The van der Waals surface area contributed by atoms with Gasteiger partial charge in [0.15, 0.2) is 0 Å². The molecule has 150 valence electrons. The molecule has 1 aromatic rings. The summed E-state index contributed by atoms with van der Waals surface area (Å²) >= 11 is 0. The van der Waals surface area contributed by atoms with E-state index in [1.807, 2.05) is 13.8 Å². The number of aliphatic carboxylic acids is 1. The molecule has 0 aliphatic carbocycles. The summed E-state index contributed by atoms with van der Waals surface area (Å²) < 4.78 is 26.5. The van der Waals surface area contributed by atoms with Gasteiger partial charge < -0.3 is 10.0 Å². The van der Waals surface area contributed by atoms with Crippen molar-refractivity contribution in [3.8, 4) is 0 Å². The molecule has 0 spiro atoms. The second kappa shape index (κ2) is 9.32. The predicted octanol–water partition coefficient (Wildman–Crippen LogP) is 2.12. The number of nitrogens with zero attached hydrogens (tertiary/aromatic N) is 2. The van der Waals surface area contributed by atoms with Crippen LogP contribution in [0.4, 0.5) is 0 Å². The third kappa shape index (κ3) is 5.77. The Morgan fingerprint density at radius 2 is 1.70 bits per heavy atom. The molecule has 2 rings (SSSR count). The summed E-state index contributed by atoms with van der Waals surface area (Å²) in [6.45, 7) is 5.05. The summed E-state index contributed by atoms with van der Waals surface area (Å²) in [5.74, 6) is -1.02. The first-order chi connectivity index (χ1) is 12.7. The van der Waals surface area contributed by atoms with Crippen LogP contribution in [0.25, 0.3) is 0 Å². The van der Waals surface area contributed by atoms with E-state index in [2.05, 4.69) is 0 Å². The van der Waals surface area contributed by atoms with Crippen LogP contribution in [0.1, 0.15) is 45.1 Å². The molecule has 1 saturated heterocycles. The highest BCUT2D eigenvalue weighted by Gasteiger charge is 2.27. The van der Waals surface area contributed by atoms with E-state index in [4.69, 9.17) is 5.11 Å². The lowest BCUT2D eigenvalue weighted by molar-refractivity contribution is -0.139. The molecule has 7 nitrogen and oxygen atoms in total. The molecule has 1 fully saturated rings. The van der Waals surface area contributed by atoms with Crippen molar-refractivity contribution in [1.82, 2.24) is 9.21 Å². The Hall–Kier alpha value is -1.93. The number of sulfonamides is 1. The number of hydrogen-bond acceptors (Lipinski definition) is 4. The van der Waals surface area contributed by atoms with Gasteiger partial charge in [0.1, 0.15) is 0 Å². The molecule has 8 heteroatoms.